The normalized spacial score (nSPS) is 9.88. The number of aliphatic carboxylic acids is 1. The molecule has 0 saturated carbocycles. The number of carbonyl (C=O) groups excluding carboxylic acids is 1. The summed E-state index contributed by atoms with van der Waals surface area (Å²) in [5.41, 5.74) is 0. The van der Waals surface area contributed by atoms with Gasteiger partial charge in [-0.3, -0.25) is 9.59 Å². The van der Waals surface area contributed by atoms with Crippen molar-refractivity contribution in [2.24, 2.45) is 0 Å². The van der Waals surface area contributed by atoms with Crippen molar-refractivity contribution in [1.82, 2.24) is 0 Å². The summed E-state index contributed by atoms with van der Waals surface area (Å²) in [7, 11) is 0. The summed E-state index contributed by atoms with van der Waals surface area (Å²) >= 11 is 0. The fourth-order valence-electron chi connectivity index (χ4n) is 2.76. The van der Waals surface area contributed by atoms with Crippen molar-refractivity contribution in [3.8, 4) is 0 Å². The molecule has 0 aliphatic carbocycles. The topological polar surface area (TPSA) is 63.6 Å². The van der Waals surface area contributed by atoms with E-state index in [-0.39, 0.29) is 118 Å². The van der Waals surface area contributed by atoms with Crippen LogP contribution in [-0.2, 0) is 14.3 Å². The molecule has 6 heteroatoms. The molecule has 0 rings (SSSR count). The second-order valence-electron chi connectivity index (χ2n) is 6.71. The van der Waals surface area contributed by atoms with E-state index in [4.69, 9.17) is 9.84 Å². The van der Waals surface area contributed by atoms with Gasteiger partial charge in [0.25, 0.3) is 0 Å². The SMILES string of the molecule is CCCCCCCCCCCCCCCCOC(=O)CCC(=O)O.[H-].[H-].[K+].[K+]. The molecule has 0 atom stereocenters. The Balaban J connectivity index is -0.000000441. The molecule has 0 aromatic carbocycles. The van der Waals surface area contributed by atoms with Crippen molar-refractivity contribution in [2.75, 3.05) is 6.61 Å². The predicted molar refractivity (Wildman–Crippen MR) is 100 cm³/mol. The predicted octanol–water partition coefficient (Wildman–Crippen LogP) is 0.109. The third-order valence-electron chi connectivity index (χ3n) is 4.30. The summed E-state index contributed by atoms with van der Waals surface area (Å²) in [5, 5.41) is 8.46. The third kappa shape index (κ3) is 28.4. The minimum Gasteiger partial charge on any atom is -1.00 e. The van der Waals surface area contributed by atoms with Crippen LogP contribution in [0, 0.1) is 0 Å². The number of unbranched alkanes of at least 4 members (excludes halogenated alkanes) is 13. The molecule has 0 saturated heterocycles. The van der Waals surface area contributed by atoms with Gasteiger partial charge in [0, 0.05) is 0 Å². The largest absolute Gasteiger partial charge is 1.00 e. The van der Waals surface area contributed by atoms with Crippen molar-refractivity contribution in [3.63, 3.8) is 0 Å². The fraction of sp³-hybridized carbons (Fsp3) is 0.900. The summed E-state index contributed by atoms with van der Waals surface area (Å²) in [5.74, 6) is -1.35. The number of carbonyl (C=O) groups is 2. The van der Waals surface area contributed by atoms with Crippen molar-refractivity contribution >= 4 is 11.9 Å². The van der Waals surface area contributed by atoms with Crippen molar-refractivity contribution in [3.05, 3.63) is 0 Å². The van der Waals surface area contributed by atoms with E-state index in [9.17, 15) is 9.59 Å². The fourth-order valence-corrected chi connectivity index (χ4v) is 2.76. The van der Waals surface area contributed by atoms with E-state index in [0.717, 1.165) is 12.8 Å². The maximum absolute atomic E-state index is 11.2. The minimum absolute atomic E-state index is 0. The molecule has 0 amide bonds. The van der Waals surface area contributed by atoms with E-state index in [1.165, 1.54) is 77.0 Å². The molecular formula is C20H40K2O4. The molecule has 1 N–H and O–H groups in total. The molecule has 0 spiro atoms. The second-order valence-corrected chi connectivity index (χ2v) is 6.71. The van der Waals surface area contributed by atoms with E-state index in [2.05, 4.69) is 6.92 Å². The Morgan fingerprint density at radius 1 is 0.692 bits per heavy atom. The average Bonchev–Trinajstić information content (AvgIpc) is 2.56. The van der Waals surface area contributed by atoms with E-state index >= 15 is 0 Å². The van der Waals surface area contributed by atoms with Gasteiger partial charge in [0.2, 0.25) is 0 Å². The second kappa shape index (κ2) is 27.2. The third-order valence-corrected chi connectivity index (χ3v) is 4.30. The molecule has 0 bridgehead atoms. The Morgan fingerprint density at radius 3 is 1.46 bits per heavy atom. The van der Waals surface area contributed by atoms with Gasteiger partial charge in [-0.15, -0.1) is 0 Å². The van der Waals surface area contributed by atoms with Gasteiger partial charge in [-0.05, 0) is 6.42 Å². The van der Waals surface area contributed by atoms with Gasteiger partial charge in [0.1, 0.15) is 0 Å². The quantitative estimate of drug-likeness (QED) is 0.193. The zero-order valence-corrected chi connectivity index (χ0v) is 23.9. The number of esters is 1. The first-order chi connectivity index (χ1) is 11.7. The van der Waals surface area contributed by atoms with Gasteiger partial charge in [0.15, 0.2) is 0 Å². The number of hydrogen-bond donors (Lipinski definition) is 1. The molecule has 26 heavy (non-hydrogen) atoms. The van der Waals surface area contributed by atoms with Gasteiger partial charge in [-0.1, -0.05) is 90.4 Å². The van der Waals surface area contributed by atoms with E-state index in [0.29, 0.717) is 6.61 Å². The summed E-state index contributed by atoms with van der Waals surface area (Å²) in [4.78, 5) is 21.5. The summed E-state index contributed by atoms with van der Waals surface area (Å²) in [6.07, 6.45) is 18.0. The number of ether oxygens (including phenoxy) is 1. The van der Waals surface area contributed by atoms with Crippen LogP contribution >= 0.6 is 0 Å². The Morgan fingerprint density at radius 2 is 1.08 bits per heavy atom. The zero-order valence-electron chi connectivity index (χ0n) is 19.7. The maximum atomic E-state index is 11.2. The Labute approximate surface area is 249 Å². The first kappa shape index (κ1) is 32.9. The molecule has 0 aromatic rings. The molecule has 0 unspecified atom stereocenters. The Kier molecular flexibility index (Phi) is 34.4. The van der Waals surface area contributed by atoms with Crippen LogP contribution in [0.15, 0.2) is 0 Å². The van der Waals surface area contributed by atoms with Gasteiger partial charge in [-0.2, -0.15) is 0 Å². The van der Waals surface area contributed by atoms with Crippen molar-refractivity contribution in [1.29, 1.82) is 0 Å². The molecule has 0 radical (unpaired) electrons. The van der Waals surface area contributed by atoms with Crippen LogP contribution in [0.1, 0.15) is 113 Å². The number of carboxylic acids is 1. The molecule has 0 fully saturated rings. The smallest absolute Gasteiger partial charge is 1.00 e. The van der Waals surface area contributed by atoms with Gasteiger partial charge < -0.3 is 12.7 Å². The number of carboxylic acid groups (broad SMARTS) is 1. The van der Waals surface area contributed by atoms with Crippen LogP contribution < -0.4 is 103 Å². The minimum atomic E-state index is -0.955. The van der Waals surface area contributed by atoms with E-state index in [1.807, 2.05) is 0 Å². The summed E-state index contributed by atoms with van der Waals surface area (Å²) in [6, 6.07) is 0. The molecule has 0 aliphatic heterocycles. The molecular weight excluding hydrogens is 382 g/mol. The molecule has 0 heterocycles. The first-order valence-corrected chi connectivity index (χ1v) is 10.0. The van der Waals surface area contributed by atoms with E-state index < -0.39 is 11.9 Å². The molecule has 146 valence electrons. The maximum Gasteiger partial charge on any atom is 1.00 e. The Hall–Kier alpha value is 2.21. The van der Waals surface area contributed by atoms with Gasteiger partial charge in [-0.25, -0.2) is 0 Å². The van der Waals surface area contributed by atoms with E-state index in [1.54, 1.807) is 0 Å². The van der Waals surface area contributed by atoms with Crippen LogP contribution in [0.25, 0.3) is 0 Å². The molecule has 0 aromatic heterocycles. The molecule has 0 aliphatic rings. The Bertz CT molecular complexity index is 323. The number of hydrogen-bond acceptors (Lipinski definition) is 3. The summed E-state index contributed by atoms with van der Waals surface area (Å²) in [6.45, 7) is 2.69. The monoisotopic (exact) mass is 422 g/mol. The van der Waals surface area contributed by atoms with Crippen LogP contribution in [0.2, 0.25) is 0 Å². The van der Waals surface area contributed by atoms with Crippen LogP contribution in [0.5, 0.6) is 0 Å². The van der Waals surface area contributed by atoms with Crippen LogP contribution in [-0.4, -0.2) is 23.7 Å². The summed E-state index contributed by atoms with van der Waals surface area (Å²) < 4.78 is 5.00. The van der Waals surface area contributed by atoms with Crippen molar-refractivity contribution < 1.29 is 125 Å². The van der Waals surface area contributed by atoms with Crippen LogP contribution in [0.3, 0.4) is 0 Å². The van der Waals surface area contributed by atoms with Crippen LogP contribution in [0.4, 0.5) is 0 Å². The number of rotatable bonds is 18. The van der Waals surface area contributed by atoms with Crippen molar-refractivity contribution in [2.45, 2.75) is 110 Å². The first-order valence-electron chi connectivity index (χ1n) is 10.0. The zero-order chi connectivity index (χ0) is 17.9. The van der Waals surface area contributed by atoms with Gasteiger partial charge >= 0.3 is 115 Å². The van der Waals surface area contributed by atoms with Gasteiger partial charge in [0.05, 0.1) is 19.4 Å². The standard InChI is InChI=1S/C20H38O4.2K.2H/c1-2-3-4-5-6-7-8-9-10-11-12-13-14-15-18-24-20(23)17-16-19(21)22;;;;/h2-18H2,1H3,(H,21,22);;;;/q;2*+1;2*-1. The molecule has 4 nitrogen and oxygen atoms in total. The average molecular weight is 423 g/mol.